The number of halogens is 1. The molecule has 7 nitrogen and oxygen atoms in total. The first-order chi connectivity index (χ1) is 10.2. The number of nitrogens with zero attached hydrogens (tertiary/aromatic N) is 3. The summed E-state index contributed by atoms with van der Waals surface area (Å²) in [5.74, 6) is 0.145. The van der Waals surface area contributed by atoms with Gasteiger partial charge in [0.25, 0.3) is 0 Å². The smallest absolute Gasteiger partial charge is 0.410 e. The normalized spacial score (nSPS) is 14.5. The SMILES string of the molecule is Cn1nc2c(c1NC(=O)CCl)CN(C(=O)OC(C)(C)C)CC2. The molecule has 1 aliphatic rings. The number of aryl methyl sites for hydroxylation is 1. The van der Waals surface area contributed by atoms with Crippen molar-refractivity contribution in [1.29, 1.82) is 0 Å². The Kier molecular flexibility index (Phi) is 4.65. The number of aromatic nitrogens is 2. The zero-order chi connectivity index (χ0) is 16.5. The summed E-state index contributed by atoms with van der Waals surface area (Å²) < 4.78 is 7.00. The molecule has 1 aliphatic heterocycles. The van der Waals surface area contributed by atoms with Gasteiger partial charge in [-0.05, 0) is 20.8 Å². The van der Waals surface area contributed by atoms with E-state index in [-0.39, 0.29) is 17.9 Å². The monoisotopic (exact) mass is 328 g/mol. The highest BCUT2D eigenvalue weighted by Gasteiger charge is 2.29. The standard InChI is InChI=1S/C14H21ClN4O3/c1-14(2,3)22-13(21)19-6-5-10-9(8-19)12(18(4)17-10)16-11(20)7-15/h5-8H2,1-4H3,(H,16,20). The van der Waals surface area contributed by atoms with E-state index >= 15 is 0 Å². The van der Waals surface area contributed by atoms with Gasteiger partial charge < -0.3 is 15.0 Å². The fourth-order valence-electron chi connectivity index (χ4n) is 2.31. The fraction of sp³-hybridized carbons (Fsp3) is 0.643. The van der Waals surface area contributed by atoms with Gasteiger partial charge in [0.05, 0.1) is 12.2 Å². The topological polar surface area (TPSA) is 76.5 Å². The van der Waals surface area contributed by atoms with Gasteiger partial charge in [-0.15, -0.1) is 11.6 Å². The first-order valence-corrected chi connectivity index (χ1v) is 7.63. The maximum atomic E-state index is 12.2. The van der Waals surface area contributed by atoms with Crippen LogP contribution >= 0.6 is 11.6 Å². The quantitative estimate of drug-likeness (QED) is 0.841. The van der Waals surface area contributed by atoms with Crippen molar-refractivity contribution in [2.45, 2.75) is 39.3 Å². The second-order valence-electron chi connectivity index (χ2n) is 6.23. The Balaban J connectivity index is 2.18. The van der Waals surface area contributed by atoms with E-state index in [1.807, 2.05) is 20.8 Å². The first-order valence-electron chi connectivity index (χ1n) is 7.09. The molecule has 0 radical (unpaired) electrons. The summed E-state index contributed by atoms with van der Waals surface area (Å²) in [6.45, 7) is 6.39. The summed E-state index contributed by atoms with van der Waals surface area (Å²) in [4.78, 5) is 25.3. The van der Waals surface area contributed by atoms with Crippen molar-refractivity contribution in [2.75, 3.05) is 17.7 Å². The number of ether oxygens (including phenoxy) is 1. The Morgan fingerprint density at radius 3 is 2.68 bits per heavy atom. The molecular formula is C14H21ClN4O3. The molecule has 0 atom stereocenters. The second kappa shape index (κ2) is 6.16. The van der Waals surface area contributed by atoms with E-state index in [4.69, 9.17) is 16.3 Å². The van der Waals surface area contributed by atoms with Crippen LogP contribution in [-0.4, -0.2) is 44.7 Å². The number of hydrogen-bond acceptors (Lipinski definition) is 4. The zero-order valence-electron chi connectivity index (χ0n) is 13.3. The molecule has 8 heteroatoms. The lowest BCUT2D eigenvalue weighted by molar-refractivity contribution is -0.114. The van der Waals surface area contributed by atoms with Gasteiger partial charge in [-0.3, -0.25) is 9.48 Å². The maximum Gasteiger partial charge on any atom is 0.410 e. The van der Waals surface area contributed by atoms with E-state index < -0.39 is 5.60 Å². The Morgan fingerprint density at radius 1 is 1.41 bits per heavy atom. The van der Waals surface area contributed by atoms with Crippen LogP contribution in [0, 0.1) is 0 Å². The third-order valence-corrected chi connectivity index (χ3v) is 3.47. The van der Waals surface area contributed by atoms with Gasteiger partial charge in [-0.25, -0.2) is 4.79 Å². The molecule has 0 saturated carbocycles. The summed E-state index contributed by atoms with van der Waals surface area (Å²) in [5, 5.41) is 7.11. The second-order valence-corrected chi connectivity index (χ2v) is 6.50. The van der Waals surface area contributed by atoms with E-state index in [1.54, 1.807) is 16.6 Å². The van der Waals surface area contributed by atoms with E-state index in [9.17, 15) is 9.59 Å². The van der Waals surface area contributed by atoms with Crippen LogP contribution in [0.1, 0.15) is 32.0 Å². The molecule has 2 heterocycles. The van der Waals surface area contributed by atoms with Crippen LogP contribution in [0.4, 0.5) is 10.6 Å². The number of alkyl halides is 1. The highest BCUT2D eigenvalue weighted by Crippen LogP contribution is 2.26. The Labute approximate surface area is 134 Å². The number of carbonyl (C=O) groups excluding carboxylic acids is 2. The molecule has 0 aromatic carbocycles. The summed E-state index contributed by atoms with van der Waals surface area (Å²) in [6, 6.07) is 0. The third-order valence-electron chi connectivity index (χ3n) is 3.23. The van der Waals surface area contributed by atoms with E-state index in [2.05, 4.69) is 10.4 Å². The van der Waals surface area contributed by atoms with Crippen molar-refractivity contribution in [1.82, 2.24) is 14.7 Å². The Morgan fingerprint density at radius 2 is 2.09 bits per heavy atom. The van der Waals surface area contributed by atoms with Crippen molar-refractivity contribution in [3.05, 3.63) is 11.3 Å². The number of anilines is 1. The number of hydrogen-bond donors (Lipinski definition) is 1. The van der Waals surface area contributed by atoms with Gasteiger partial charge in [-0.2, -0.15) is 5.10 Å². The highest BCUT2D eigenvalue weighted by atomic mass is 35.5. The number of rotatable bonds is 2. The minimum atomic E-state index is -0.540. The molecule has 0 saturated heterocycles. The molecule has 2 rings (SSSR count). The summed E-state index contributed by atoms with van der Waals surface area (Å²) in [6.07, 6.45) is 0.260. The minimum Gasteiger partial charge on any atom is -0.444 e. The maximum absolute atomic E-state index is 12.2. The molecule has 0 spiro atoms. The predicted molar refractivity (Wildman–Crippen MR) is 82.9 cm³/mol. The molecule has 0 fully saturated rings. The van der Waals surface area contributed by atoms with Crippen LogP contribution in [0.2, 0.25) is 0 Å². The average molecular weight is 329 g/mol. The van der Waals surface area contributed by atoms with Crippen molar-refractivity contribution in [2.24, 2.45) is 7.05 Å². The lowest BCUT2D eigenvalue weighted by Gasteiger charge is -2.29. The molecule has 1 aromatic heterocycles. The lowest BCUT2D eigenvalue weighted by atomic mass is 10.1. The molecule has 122 valence electrons. The predicted octanol–water partition coefficient (Wildman–Crippen LogP) is 1.89. The van der Waals surface area contributed by atoms with Crippen LogP contribution in [0.25, 0.3) is 0 Å². The molecule has 0 unspecified atom stereocenters. The largest absolute Gasteiger partial charge is 0.444 e. The Hall–Kier alpha value is -1.76. The summed E-state index contributed by atoms with van der Waals surface area (Å²) in [5.41, 5.74) is 1.17. The average Bonchev–Trinajstić information content (AvgIpc) is 2.72. The van der Waals surface area contributed by atoms with Crippen LogP contribution in [0.15, 0.2) is 0 Å². The summed E-state index contributed by atoms with van der Waals surface area (Å²) in [7, 11) is 1.75. The molecule has 1 aromatic rings. The van der Waals surface area contributed by atoms with Gasteiger partial charge >= 0.3 is 6.09 Å². The van der Waals surface area contributed by atoms with Crippen LogP contribution in [-0.2, 0) is 29.5 Å². The number of fused-ring (bicyclic) bond motifs is 1. The molecular weight excluding hydrogens is 308 g/mol. The number of amides is 2. The highest BCUT2D eigenvalue weighted by molar-refractivity contribution is 6.29. The van der Waals surface area contributed by atoms with Gasteiger partial charge in [-0.1, -0.05) is 0 Å². The number of carbonyl (C=O) groups is 2. The molecule has 0 aliphatic carbocycles. The van der Waals surface area contributed by atoms with Crippen molar-refractivity contribution in [3.8, 4) is 0 Å². The van der Waals surface area contributed by atoms with Crippen LogP contribution in [0.5, 0.6) is 0 Å². The van der Waals surface area contributed by atoms with Gasteiger partial charge in [0.1, 0.15) is 17.3 Å². The van der Waals surface area contributed by atoms with E-state index in [1.165, 1.54) is 0 Å². The van der Waals surface area contributed by atoms with Gasteiger partial charge in [0.15, 0.2) is 0 Å². The molecule has 2 amide bonds. The van der Waals surface area contributed by atoms with E-state index in [0.717, 1.165) is 11.3 Å². The first kappa shape index (κ1) is 16.6. The van der Waals surface area contributed by atoms with Crippen molar-refractivity contribution < 1.29 is 14.3 Å². The minimum absolute atomic E-state index is 0.129. The van der Waals surface area contributed by atoms with Crippen LogP contribution in [0.3, 0.4) is 0 Å². The van der Waals surface area contributed by atoms with Crippen LogP contribution < -0.4 is 5.32 Å². The Bertz CT molecular complexity index is 592. The zero-order valence-corrected chi connectivity index (χ0v) is 14.0. The lowest BCUT2D eigenvalue weighted by Crippen LogP contribution is -2.40. The van der Waals surface area contributed by atoms with Crippen molar-refractivity contribution in [3.63, 3.8) is 0 Å². The summed E-state index contributed by atoms with van der Waals surface area (Å²) >= 11 is 5.53. The molecule has 22 heavy (non-hydrogen) atoms. The van der Waals surface area contributed by atoms with Gasteiger partial charge in [0, 0.05) is 25.6 Å². The molecule has 1 N–H and O–H groups in total. The fourth-order valence-corrected chi connectivity index (χ4v) is 2.37. The van der Waals surface area contributed by atoms with E-state index in [0.29, 0.717) is 25.3 Å². The van der Waals surface area contributed by atoms with Gasteiger partial charge in [0.2, 0.25) is 5.91 Å². The van der Waals surface area contributed by atoms with Crippen molar-refractivity contribution >= 4 is 29.4 Å². The number of nitrogens with one attached hydrogen (secondary N) is 1. The third kappa shape index (κ3) is 3.71. The molecule has 0 bridgehead atoms.